The Morgan fingerprint density at radius 3 is 2.59 bits per heavy atom. The molecular weight excluding hydrogens is 410 g/mol. The molecule has 0 spiro atoms. The van der Waals surface area contributed by atoms with Crippen LogP contribution in [0.15, 0.2) is 89.7 Å². The van der Waals surface area contributed by atoms with Gasteiger partial charge in [-0.25, -0.2) is 0 Å². The van der Waals surface area contributed by atoms with Gasteiger partial charge < -0.3 is 4.90 Å². The lowest BCUT2D eigenvalue weighted by atomic mass is 9.81. The van der Waals surface area contributed by atoms with Gasteiger partial charge in [0.25, 0.3) is 0 Å². The molecule has 4 unspecified atom stereocenters. The first-order chi connectivity index (χ1) is 16.7. The summed E-state index contributed by atoms with van der Waals surface area (Å²) < 4.78 is 0. The van der Waals surface area contributed by atoms with Crippen molar-refractivity contribution < 1.29 is 0 Å². The van der Waals surface area contributed by atoms with E-state index in [1.54, 1.807) is 16.7 Å². The molecule has 0 fully saturated rings. The van der Waals surface area contributed by atoms with Crippen LogP contribution in [0.3, 0.4) is 0 Å². The number of anilines is 1. The standard InChI is InChI=1S/C33H41N/c1-4-5-6-7-10-31-29-11-8-9-12-30(29)32-22-21-28(23-33(31)32)34(3)27-19-17-26(18-20-27)25-15-13-24(2)14-16-25/h8-9,11-13,15,17,19-23,26,29-31H,4-7,10,14,16,18H2,1-3H3. The van der Waals surface area contributed by atoms with Crippen molar-refractivity contribution >= 4 is 5.69 Å². The van der Waals surface area contributed by atoms with Crippen LogP contribution in [0.1, 0.15) is 88.2 Å². The molecule has 4 aliphatic rings. The van der Waals surface area contributed by atoms with Gasteiger partial charge in [-0.15, -0.1) is 0 Å². The maximum Gasteiger partial charge on any atom is 0.0411 e. The lowest BCUT2D eigenvalue weighted by Crippen LogP contribution is -2.18. The number of likely N-dealkylation sites (N-methyl/N-ethyl adjacent to an activating group) is 1. The van der Waals surface area contributed by atoms with Crippen LogP contribution in [0.5, 0.6) is 0 Å². The molecule has 0 amide bonds. The molecule has 0 N–H and O–H groups in total. The predicted molar refractivity (Wildman–Crippen MR) is 147 cm³/mol. The van der Waals surface area contributed by atoms with Crippen molar-refractivity contribution in [3.8, 4) is 0 Å². The number of unbranched alkanes of at least 4 members (excludes halogenated alkanes) is 3. The number of hydrogen-bond acceptors (Lipinski definition) is 1. The fourth-order valence-electron chi connectivity index (χ4n) is 6.41. The van der Waals surface area contributed by atoms with E-state index in [1.807, 2.05) is 0 Å². The maximum atomic E-state index is 2.51. The largest absolute Gasteiger partial charge is 0.345 e. The average Bonchev–Trinajstić information content (AvgIpc) is 3.20. The third-order valence-electron chi connectivity index (χ3n) is 8.56. The molecule has 0 saturated carbocycles. The molecule has 0 aromatic heterocycles. The van der Waals surface area contributed by atoms with Crippen molar-refractivity contribution in [3.05, 3.63) is 101 Å². The molecule has 0 heterocycles. The van der Waals surface area contributed by atoms with Crippen LogP contribution >= 0.6 is 0 Å². The summed E-state index contributed by atoms with van der Waals surface area (Å²) in [5, 5.41) is 0. The van der Waals surface area contributed by atoms with Gasteiger partial charge in [0.15, 0.2) is 0 Å². The summed E-state index contributed by atoms with van der Waals surface area (Å²) in [5.74, 6) is 2.42. The van der Waals surface area contributed by atoms with Gasteiger partial charge in [-0.05, 0) is 73.8 Å². The Hall–Kier alpha value is -2.54. The van der Waals surface area contributed by atoms with Crippen LogP contribution in [0.4, 0.5) is 5.69 Å². The van der Waals surface area contributed by atoms with Gasteiger partial charge in [0.2, 0.25) is 0 Å². The Morgan fingerprint density at radius 2 is 1.82 bits per heavy atom. The Balaban J connectivity index is 1.33. The SMILES string of the molecule is CCCCCCC1c2cc(N(C)C3=CCC(C4=CC=C(C)CC4)C=C3)ccc2C2C=CC=CC21. The molecule has 0 bridgehead atoms. The molecule has 0 aliphatic heterocycles. The Kier molecular flexibility index (Phi) is 7.09. The fourth-order valence-corrected chi connectivity index (χ4v) is 6.41. The van der Waals surface area contributed by atoms with E-state index >= 15 is 0 Å². The fraction of sp³-hybridized carbons (Fsp3) is 0.455. The second kappa shape index (κ2) is 10.4. The number of nitrogens with zero attached hydrogens (tertiary/aromatic N) is 1. The van der Waals surface area contributed by atoms with E-state index in [-0.39, 0.29) is 0 Å². The van der Waals surface area contributed by atoms with Gasteiger partial charge >= 0.3 is 0 Å². The highest BCUT2D eigenvalue weighted by Crippen LogP contribution is 2.52. The molecule has 1 heteroatoms. The summed E-state index contributed by atoms with van der Waals surface area (Å²) >= 11 is 0. The zero-order chi connectivity index (χ0) is 23.5. The van der Waals surface area contributed by atoms with E-state index in [9.17, 15) is 0 Å². The minimum absolute atomic E-state index is 0.562. The van der Waals surface area contributed by atoms with Gasteiger partial charge in [-0.1, -0.05) is 98.4 Å². The van der Waals surface area contributed by atoms with Crippen LogP contribution in [0.25, 0.3) is 0 Å². The van der Waals surface area contributed by atoms with E-state index in [0.717, 1.165) is 6.42 Å². The molecule has 0 saturated heterocycles. The zero-order valence-electron chi connectivity index (χ0n) is 21.3. The molecule has 5 rings (SSSR count). The minimum atomic E-state index is 0.562. The van der Waals surface area contributed by atoms with Crippen molar-refractivity contribution in [2.45, 2.75) is 77.0 Å². The average molecular weight is 452 g/mol. The molecule has 0 radical (unpaired) electrons. The number of allylic oxidation sites excluding steroid dienone is 11. The van der Waals surface area contributed by atoms with E-state index < -0.39 is 0 Å². The summed E-state index contributed by atoms with van der Waals surface area (Å²) in [4.78, 5) is 2.40. The molecule has 4 aliphatic carbocycles. The molecule has 1 aromatic rings. The summed E-state index contributed by atoms with van der Waals surface area (Å²) in [6.45, 7) is 4.54. The highest BCUT2D eigenvalue weighted by molar-refractivity contribution is 5.60. The van der Waals surface area contributed by atoms with Crippen molar-refractivity contribution in [2.24, 2.45) is 11.8 Å². The van der Waals surface area contributed by atoms with Crippen LogP contribution in [0, 0.1) is 11.8 Å². The van der Waals surface area contributed by atoms with Crippen molar-refractivity contribution in [2.75, 3.05) is 11.9 Å². The predicted octanol–water partition coefficient (Wildman–Crippen LogP) is 9.14. The molecule has 4 atom stereocenters. The topological polar surface area (TPSA) is 3.24 Å². The lowest BCUT2D eigenvalue weighted by molar-refractivity contribution is 0.459. The number of rotatable bonds is 8. The van der Waals surface area contributed by atoms with Crippen LogP contribution in [0.2, 0.25) is 0 Å². The van der Waals surface area contributed by atoms with E-state index in [0.29, 0.717) is 23.7 Å². The Morgan fingerprint density at radius 1 is 0.941 bits per heavy atom. The summed E-state index contributed by atoms with van der Waals surface area (Å²) in [6.07, 6.45) is 31.5. The van der Waals surface area contributed by atoms with Gasteiger partial charge in [-0.2, -0.15) is 0 Å². The normalized spacial score (nSPS) is 27.1. The maximum absolute atomic E-state index is 2.51. The Labute approximate surface area is 207 Å². The van der Waals surface area contributed by atoms with Crippen LogP contribution < -0.4 is 4.90 Å². The summed E-state index contributed by atoms with van der Waals surface area (Å²) in [7, 11) is 2.24. The summed E-state index contributed by atoms with van der Waals surface area (Å²) in [5.41, 5.74) is 8.91. The molecule has 1 nitrogen and oxygen atoms in total. The van der Waals surface area contributed by atoms with Gasteiger partial charge in [0.1, 0.15) is 0 Å². The minimum Gasteiger partial charge on any atom is -0.345 e. The van der Waals surface area contributed by atoms with E-state index in [4.69, 9.17) is 0 Å². The molecular formula is C33H41N. The highest BCUT2D eigenvalue weighted by atomic mass is 15.1. The van der Waals surface area contributed by atoms with Crippen LogP contribution in [-0.4, -0.2) is 7.05 Å². The zero-order valence-corrected chi connectivity index (χ0v) is 21.3. The third-order valence-corrected chi connectivity index (χ3v) is 8.56. The first-order valence-electron chi connectivity index (χ1n) is 13.6. The van der Waals surface area contributed by atoms with Crippen molar-refractivity contribution in [3.63, 3.8) is 0 Å². The van der Waals surface area contributed by atoms with Crippen molar-refractivity contribution in [1.29, 1.82) is 0 Å². The quantitative estimate of drug-likeness (QED) is 0.356. The van der Waals surface area contributed by atoms with E-state index in [1.165, 1.54) is 61.9 Å². The monoisotopic (exact) mass is 451 g/mol. The molecule has 1 aromatic carbocycles. The lowest BCUT2D eigenvalue weighted by Gasteiger charge is -2.27. The molecule has 178 valence electrons. The van der Waals surface area contributed by atoms with E-state index in [2.05, 4.69) is 98.7 Å². The van der Waals surface area contributed by atoms with Gasteiger partial charge in [0, 0.05) is 30.3 Å². The third kappa shape index (κ3) is 4.67. The van der Waals surface area contributed by atoms with Gasteiger partial charge in [0.05, 0.1) is 0 Å². The summed E-state index contributed by atoms with van der Waals surface area (Å²) in [6, 6.07) is 7.28. The first-order valence-corrected chi connectivity index (χ1v) is 13.6. The molecule has 34 heavy (non-hydrogen) atoms. The van der Waals surface area contributed by atoms with Crippen molar-refractivity contribution in [1.82, 2.24) is 0 Å². The smallest absolute Gasteiger partial charge is 0.0411 e. The second-order valence-corrected chi connectivity index (χ2v) is 10.8. The number of benzene rings is 1. The highest BCUT2D eigenvalue weighted by Gasteiger charge is 2.38. The number of hydrogen-bond donors (Lipinski definition) is 0. The number of fused-ring (bicyclic) bond motifs is 3. The Bertz CT molecular complexity index is 1080. The van der Waals surface area contributed by atoms with Gasteiger partial charge in [-0.3, -0.25) is 0 Å². The van der Waals surface area contributed by atoms with Crippen LogP contribution in [-0.2, 0) is 0 Å². The second-order valence-electron chi connectivity index (χ2n) is 10.8. The first kappa shape index (κ1) is 23.2.